The summed E-state index contributed by atoms with van der Waals surface area (Å²) in [4.78, 5) is 67.9. The highest BCUT2D eigenvalue weighted by Gasteiger charge is 2.62. The van der Waals surface area contributed by atoms with E-state index in [0.717, 1.165) is 57.8 Å². The van der Waals surface area contributed by atoms with E-state index >= 15 is 0 Å². The van der Waals surface area contributed by atoms with E-state index in [2.05, 4.69) is 15.4 Å². The van der Waals surface area contributed by atoms with E-state index < -0.39 is 68.7 Å². The predicted octanol–water partition coefficient (Wildman–Crippen LogP) is 4.37. The molecule has 15 nitrogen and oxygen atoms in total. The van der Waals surface area contributed by atoms with Crippen molar-refractivity contribution in [1.82, 2.24) is 30.2 Å². The van der Waals surface area contributed by atoms with Gasteiger partial charge in [0, 0.05) is 18.4 Å². The first kappa shape index (κ1) is 39.4. The Balaban J connectivity index is 1.14. The predicted molar refractivity (Wildman–Crippen MR) is 209 cm³/mol. The number of ether oxygens (including phenoxy) is 3. The molecule has 1 saturated heterocycles. The number of amides is 4. The van der Waals surface area contributed by atoms with Crippen molar-refractivity contribution in [2.45, 2.75) is 144 Å². The SMILES string of the molecule is COc1ccc2nc3c(nc2c1)O[C@@H]1C[C@H]2C(=O)N[C@@]4(C(=O)NS(=O)(=O)C5CC5)C[C@@H]4/C=C\CCCCC[C@H](NC(=O)O[C@@H]4CCC[C@H]4CCCCC3)C(=O)N2C1. The molecule has 3 saturated carbocycles. The van der Waals surface area contributed by atoms with Crippen molar-refractivity contribution in [2.24, 2.45) is 11.8 Å². The molecule has 0 radical (unpaired) electrons. The molecule has 4 amide bonds. The number of hydrogen-bond donors (Lipinski definition) is 3. The maximum Gasteiger partial charge on any atom is 0.408 e. The van der Waals surface area contributed by atoms with Crippen LogP contribution in [0.4, 0.5) is 4.79 Å². The summed E-state index contributed by atoms with van der Waals surface area (Å²) in [7, 11) is -2.31. The molecule has 0 unspecified atom stereocenters. The van der Waals surface area contributed by atoms with Crippen LogP contribution in [0.2, 0.25) is 0 Å². The minimum atomic E-state index is -3.89. The van der Waals surface area contributed by atoms with Crippen molar-refractivity contribution in [3.8, 4) is 11.6 Å². The number of carbonyl (C=O) groups is 4. The zero-order valence-electron chi connectivity index (χ0n) is 32.6. The van der Waals surface area contributed by atoms with E-state index in [1.807, 2.05) is 24.3 Å². The second kappa shape index (κ2) is 16.4. The second-order valence-electron chi connectivity index (χ2n) is 16.8. The lowest BCUT2D eigenvalue weighted by atomic mass is 9.97. The molecule has 1 aromatic heterocycles. The van der Waals surface area contributed by atoms with Crippen LogP contribution in [-0.4, -0.2) is 95.8 Å². The molecule has 3 aliphatic carbocycles. The number of sulfonamides is 1. The Morgan fingerprint density at radius 3 is 2.58 bits per heavy atom. The first-order chi connectivity index (χ1) is 27.5. The van der Waals surface area contributed by atoms with Crippen LogP contribution in [-0.2, 0) is 35.6 Å². The summed E-state index contributed by atoms with van der Waals surface area (Å²) in [6.07, 6.45) is 13.8. The molecule has 3 aliphatic heterocycles. The van der Waals surface area contributed by atoms with Gasteiger partial charge in [0.05, 0.1) is 29.9 Å². The lowest BCUT2D eigenvalue weighted by Gasteiger charge is -2.30. The molecule has 7 atom stereocenters. The number of nitrogens with zero attached hydrogens (tertiary/aromatic N) is 3. The number of nitrogens with one attached hydrogen (secondary N) is 3. The van der Waals surface area contributed by atoms with Gasteiger partial charge >= 0.3 is 6.09 Å². The average molecular weight is 807 g/mol. The minimum absolute atomic E-state index is 0.00466. The van der Waals surface area contributed by atoms with Gasteiger partial charge in [0.25, 0.3) is 5.91 Å². The number of allylic oxidation sites excluding steroid dienone is 1. The van der Waals surface area contributed by atoms with Crippen LogP contribution in [0, 0.1) is 11.8 Å². The molecule has 1 aromatic carbocycles. The number of alkyl carbamates (subject to hydrolysis) is 1. The average Bonchev–Trinajstić information content (AvgIpc) is 4.08. The summed E-state index contributed by atoms with van der Waals surface area (Å²) in [5.74, 6) is -1.08. The van der Waals surface area contributed by atoms with Crippen molar-refractivity contribution in [3.63, 3.8) is 0 Å². The molecule has 6 aliphatic rings. The molecule has 3 bridgehead atoms. The number of benzene rings is 1. The van der Waals surface area contributed by atoms with E-state index in [0.29, 0.717) is 66.9 Å². The highest BCUT2D eigenvalue weighted by molar-refractivity contribution is 7.91. The fraction of sp³-hybridized carbons (Fsp3) is 0.659. The topological polar surface area (TPSA) is 195 Å². The highest BCUT2D eigenvalue weighted by atomic mass is 32.2. The van der Waals surface area contributed by atoms with Gasteiger partial charge < -0.3 is 29.7 Å². The Hall–Kier alpha value is -4.47. The minimum Gasteiger partial charge on any atom is -0.497 e. The summed E-state index contributed by atoms with van der Waals surface area (Å²) >= 11 is 0. The molecule has 4 fully saturated rings. The largest absolute Gasteiger partial charge is 0.497 e. The molecule has 3 N–H and O–H groups in total. The van der Waals surface area contributed by atoms with Crippen LogP contribution < -0.4 is 24.8 Å². The summed E-state index contributed by atoms with van der Waals surface area (Å²) in [6, 6.07) is 3.42. The van der Waals surface area contributed by atoms with Gasteiger partial charge in [-0.05, 0) is 95.1 Å². The van der Waals surface area contributed by atoms with Gasteiger partial charge in [-0.1, -0.05) is 37.8 Å². The van der Waals surface area contributed by atoms with Gasteiger partial charge in [0.2, 0.25) is 27.7 Å². The van der Waals surface area contributed by atoms with Gasteiger partial charge in [0.1, 0.15) is 41.3 Å². The molecule has 16 heteroatoms. The number of aromatic nitrogens is 2. The molecule has 308 valence electrons. The molecular weight excluding hydrogens is 753 g/mol. The smallest absolute Gasteiger partial charge is 0.408 e. The maximum absolute atomic E-state index is 14.7. The lowest BCUT2D eigenvalue weighted by molar-refractivity contribution is -0.141. The molecule has 57 heavy (non-hydrogen) atoms. The first-order valence-electron chi connectivity index (χ1n) is 20.9. The second-order valence-corrected chi connectivity index (χ2v) is 18.7. The Morgan fingerprint density at radius 1 is 0.947 bits per heavy atom. The number of hydrogen-bond acceptors (Lipinski definition) is 11. The summed E-state index contributed by atoms with van der Waals surface area (Å²) in [5.41, 5.74) is 0.458. The highest BCUT2D eigenvalue weighted by Crippen LogP contribution is 2.46. The standard InChI is InChI=1S/C41H54N6O9S/c1-54-27-17-20-30-33(21-27)43-37-31(42-30)14-9-5-6-11-25-12-10-16-35(25)56-40(51)44-32-15-8-4-2-3-7-13-26-23-41(26,39(50)46-57(52,53)29-18-19-29)45-36(48)34-22-28(55-37)24-47(34)38(32)49/h7,13,17,20-21,25-26,28-29,32,34-35H,2-6,8-12,14-16,18-19,22-24H2,1H3,(H,44,51)(H,45,48)(H,46,50)/b13-7-/t25-,26+,28-,32+,34+,35-,41+/m1/s1. The first-order valence-corrected chi connectivity index (χ1v) is 22.4. The van der Waals surface area contributed by atoms with Crippen molar-refractivity contribution >= 4 is 44.9 Å². The molecule has 0 spiro atoms. The van der Waals surface area contributed by atoms with E-state index in [-0.39, 0.29) is 31.4 Å². The lowest BCUT2D eigenvalue weighted by Crippen LogP contribution is -2.58. The zero-order chi connectivity index (χ0) is 39.7. The number of methoxy groups -OCH3 is 1. The monoisotopic (exact) mass is 806 g/mol. The Morgan fingerprint density at radius 2 is 1.75 bits per heavy atom. The third kappa shape index (κ3) is 8.70. The number of aryl methyl sites for hydroxylation is 1. The quantitative estimate of drug-likeness (QED) is 0.372. The Labute approximate surface area is 333 Å². The summed E-state index contributed by atoms with van der Waals surface area (Å²) in [5, 5.41) is 5.18. The van der Waals surface area contributed by atoms with E-state index in [4.69, 9.17) is 24.2 Å². The van der Waals surface area contributed by atoms with Crippen LogP contribution in [0.15, 0.2) is 30.4 Å². The van der Waals surface area contributed by atoms with Crippen LogP contribution in [0.25, 0.3) is 11.0 Å². The summed E-state index contributed by atoms with van der Waals surface area (Å²) < 4.78 is 46.1. The van der Waals surface area contributed by atoms with Gasteiger partial charge in [-0.2, -0.15) is 0 Å². The van der Waals surface area contributed by atoms with Crippen molar-refractivity contribution in [1.29, 1.82) is 0 Å². The molecule has 8 rings (SSSR count). The number of carbonyl (C=O) groups excluding carboxylic acids is 4. The van der Waals surface area contributed by atoms with E-state index in [1.165, 1.54) is 4.90 Å². The Kier molecular flexibility index (Phi) is 11.3. The van der Waals surface area contributed by atoms with E-state index in [9.17, 15) is 27.6 Å². The van der Waals surface area contributed by atoms with Gasteiger partial charge in [-0.15, -0.1) is 0 Å². The zero-order valence-corrected chi connectivity index (χ0v) is 33.4. The molecule has 2 aromatic rings. The van der Waals surface area contributed by atoms with Crippen molar-refractivity contribution in [2.75, 3.05) is 13.7 Å². The molecular formula is C41H54N6O9S. The van der Waals surface area contributed by atoms with Crippen LogP contribution in [0.5, 0.6) is 11.6 Å². The van der Waals surface area contributed by atoms with Gasteiger partial charge in [-0.25, -0.2) is 23.2 Å². The van der Waals surface area contributed by atoms with Gasteiger partial charge in [0.15, 0.2) is 0 Å². The van der Waals surface area contributed by atoms with Crippen LogP contribution in [0.1, 0.15) is 108 Å². The van der Waals surface area contributed by atoms with Crippen LogP contribution >= 0.6 is 0 Å². The maximum atomic E-state index is 14.7. The van der Waals surface area contributed by atoms with Gasteiger partial charge in [-0.3, -0.25) is 19.1 Å². The van der Waals surface area contributed by atoms with Crippen LogP contribution in [0.3, 0.4) is 0 Å². The summed E-state index contributed by atoms with van der Waals surface area (Å²) in [6.45, 7) is 0.00466. The third-order valence-corrected chi connectivity index (χ3v) is 14.5. The van der Waals surface area contributed by atoms with Crippen molar-refractivity contribution < 1.29 is 41.8 Å². The fourth-order valence-corrected chi connectivity index (χ4v) is 10.5. The Bertz CT molecular complexity index is 2020. The third-order valence-electron chi connectivity index (χ3n) is 12.7. The fourth-order valence-electron chi connectivity index (χ4n) is 9.12. The number of fused-ring (bicyclic) bond motifs is 6. The molecule has 4 heterocycles. The van der Waals surface area contributed by atoms with E-state index in [1.54, 1.807) is 13.2 Å². The normalized spacial score (nSPS) is 32.0. The van der Waals surface area contributed by atoms with Crippen molar-refractivity contribution in [3.05, 3.63) is 36.0 Å². The number of rotatable bonds is 4.